The number of aliphatic hydroxyl groups is 1. The summed E-state index contributed by atoms with van der Waals surface area (Å²) in [4.78, 5) is 12.7. The number of alkyl halides is 3. The van der Waals surface area contributed by atoms with E-state index in [1.165, 1.54) is 18.2 Å². The van der Waals surface area contributed by atoms with Gasteiger partial charge in [-0.3, -0.25) is 4.98 Å². The molecule has 0 saturated carbocycles. The van der Waals surface area contributed by atoms with Crippen LogP contribution in [-0.4, -0.2) is 39.1 Å². The van der Waals surface area contributed by atoms with Gasteiger partial charge >= 0.3 is 6.36 Å². The molecule has 0 amide bonds. The van der Waals surface area contributed by atoms with Crippen molar-refractivity contribution in [3.05, 3.63) is 54.9 Å². The molecule has 0 unspecified atom stereocenters. The Morgan fingerprint density at radius 1 is 1.14 bits per heavy atom. The number of rotatable bonds is 7. The minimum atomic E-state index is -4.83. The van der Waals surface area contributed by atoms with Gasteiger partial charge in [0.05, 0.1) is 18.0 Å². The number of aromatic nitrogens is 3. The first-order chi connectivity index (χ1) is 13.8. The molecule has 152 valence electrons. The van der Waals surface area contributed by atoms with E-state index in [4.69, 9.17) is 0 Å². The standard InChI is InChI=1S/C19H18F3N5O2/c1-12(11-28)24-18-26-15(13-5-4-8-23-10-13)9-17(27-18)25-14-6-2-3-7-16(14)29-19(20,21)22/h2-10,12,28H,11H2,1H3,(H2,24,25,26,27)/t12-/m0/s1. The Hall–Kier alpha value is -3.40. The van der Waals surface area contributed by atoms with Crippen LogP contribution >= 0.6 is 0 Å². The van der Waals surface area contributed by atoms with E-state index in [-0.39, 0.29) is 35.9 Å². The van der Waals surface area contributed by atoms with Crippen molar-refractivity contribution in [2.45, 2.75) is 19.3 Å². The second-order valence-corrected chi connectivity index (χ2v) is 6.10. The smallest absolute Gasteiger partial charge is 0.404 e. The Morgan fingerprint density at radius 2 is 1.93 bits per heavy atom. The van der Waals surface area contributed by atoms with Crippen molar-refractivity contribution in [2.75, 3.05) is 17.2 Å². The normalized spacial score (nSPS) is 12.3. The third-order valence-corrected chi connectivity index (χ3v) is 3.71. The number of nitrogens with one attached hydrogen (secondary N) is 2. The summed E-state index contributed by atoms with van der Waals surface area (Å²) >= 11 is 0. The van der Waals surface area contributed by atoms with Crippen LogP contribution in [0.2, 0.25) is 0 Å². The first kappa shape index (κ1) is 20.3. The second-order valence-electron chi connectivity index (χ2n) is 6.10. The molecule has 3 aromatic rings. The van der Waals surface area contributed by atoms with Gasteiger partial charge in [0.25, 0.3) is 0 Å². The zero-order valence-electron chi connectivity index (χ0n) is 15.3. The summed E-state index contributed by atoms with van der Waals surface area (Å²) in [6.07, 6.45) is -1.61. The molecule has 0 aliphatic heterocycles. The van der Waals surface area contributed by atoms with Crippen molar-refractivity contribution >= 4 is 17.5 Å². The number of anilines is 3. The molecule has 3 N–H and O–H groups in total. The number of hydrogen-bond acceptors (Lipinski definition) is 7. The molecule has 2 aromatic heterocycles. The molecular weight excluding hydrogens is 387 g/mol. The molecule has 29 heavy (non-hydrogen) atoms. The largest absolute Gasteiger partial charge is 0.573 e. The van der Waals surface area contributed by atoms with Gasteiger partial charge in [-0.15, -0.1) is 13.2 Å². The van der Waals surface area contributed by atoms with Crippen molar-refractivity contribution in [1.29, 1.82) is 0 Å². The van der Waals surface area contributed by atoms with E-state index in [2.05, 4.69) is 30.3 Å². The van der Waals surface area contributed by atoms with Crippen molar-refractivity contribution in [2.24, 2.45) is 0 Å². The monoisotopic (exact) mass is 405 g/mol. The Morgan fingerprint density at radius 3 is 2.62 bits per heavy atom. The lowest BCUT2D eigenvalue weighted by molar-refractivity contribution is -0.274. The summed E-state index contributed by atoms with van der Waals surface area (Å²) in [5.41, 5.74) is 1.27. The lowest BCUT2D eigenvalue weighted by Gasteiger charge is -2.16. The summed E-state index contributed by atoms with van der Waals surface area (Å²) in [6, 6.07) is 10.4. The van der Waals surface area contributed by atoms with E-state index < -0.39 is 6.36 Å². The molecule has 3 rings (SSSR count). The summed E-state index contributed by atoms with van der Waals surface area (Å²) < 4.78 is 42.1. The van der Waals surface area contributed by atoms with E-state index >= 15 is 0 Å². The van der Waals surface area contributed by atoms with Gasteiger partial charge in [-0.2, -0.15) is 4.98 Å². The van der Waals surface area contributed by atoms with Crippen LogP contribution in [0.1, 0.15) is 6.92 Å². The zero-order chi connectivity index (χ0) is 20.9. The lowest BCUT2D eigenvalue weighted by Crippen LogP contribution is -2.21. The van der Waals surface area contributed by atoms with Gasteiger partial charge in [0.1, 0.15) is 5.82 Å². The van der Waals surface area contributed by atoms with Gasteiger partial charge in [-0.1, -0.05) is 12.1 Å². The molecule has 0 aliphatic rings. The third-order valence-electron chi connectivity index (χ3n) is 3.71. The number of nitrogens with zero attached hydrogens (tertiary/aromatic N) is 3. The second kappa shape index (κ2) is 8.74. The van der Waals surface area contributed by atoms with Crippen molar-refractivity contribution < 1.29 is 23.0 Å². The molecule has 7 nitrogen and oxygen atoms in total. The molecule has 10 heteroatoms. The predicted molar refractivity (Wildman–Crippen MR) is 102 cm³/mol. The van der Waals surface area contributed by atoms with Crippen LogP contribution in [0, 0.1) is 0 Å². The first-order valence-electron chi connectivity index (χ1n) is 8.63. The summed E-state index contributed by atoms with van der Waals surface area (Å²) in [5, 5.41) is 15.0. The number of para-hydroxylation sites is 2. The molecule has 2 heterocycles. The van der Waals surface area contributed by atoms with Crippen LogP contribution in [0.3, 0.4) is 0 Å². The molecule has 0 spiro atoms. The number of halogens is 3. The Kier molecular flexibility index (Phi) is 6.13. The van der Waals surface area contributed by atoms with Crippen molar-refractivity contribution in [3.8, 4) is 17.0 Å². The van der Waals surface area contributed by atoms with E-state index in [0.29, 0.717) is 11.3 Å². The molecule has 0 saturated heterocycles. The van der Waals surface area contributed by atoms with Gasteiger partial charge in [0.2, 0.25) is 5.95 Å². The van der Waals surface area contributed by atoms with Gasteiger partial charge in [-0.05, 0) is 31.2 Å². The predicted octanol–water partition coefficient (Wildman–Crippen LogP) is 3.97. The number of pyridine rings is 1. The Bertz CT molecular complexity index is 954. The van der Waals surface area contributed by atoms with Crippen molar-refractivity contribution in [3.63, 3.8) is 0 Å². The summed E-state index contributed by atoms with van der Waals surface area (Å²) in [6.45, 7) is 1.59. The quantitative estimate of drug-likeness (QED) is 0.548. The first-order valence-corrected chi connectivity index (χ1v) is 8.63. The maximum Gasteiger partial charge on any atom is 0.573 e. The van der Waals surface area contributed by atoms with Crippen LogP contribution in [0.15, 0.2) is 54.9 Å². The molecule has 0 aliphatic carbocycles. The SMILES string of the molecule is C[C@@H](CO)Nc1nc(Nc2ccccc2OC(F)(F)F)cc(-c2cccnc2)n1. The fourth-order valence-electron chi connectivity index (χ4n) is 2.43. The molecular formula is C19H18F3N5O2. The molecule has 1 atom stereocenters. The lowest BCUT2D eigenvalue weighted by atomic mass is 10.2. The maximum absolute atomic E-state index is 12.7. The highest BCUT2D eigenvalue weighted by atomic mass is 19.4. The van der Waals surface area contributed by atoms with E-state index in [9.17, 15) is 18.3 Å². The van der Waals surface area contributed by atoms with Crippen LogP contribution in [0.25, 0.3) is 11.3 Å². The fraction of sp³-hybridized carbons (Fsp3) is 0.211. The Balaban J connectivity index is 1.98. The summed E-state index contributed by atoms with van der Waals surface area (Å²) in [5.74, 6) is 0.0501. The number of hydrogen-bond donors (Lipinski definition) is 3. The fourth-order valence-corrected chi connectivity index (χ4v) is 2.43. The van der Waals surface area contributed by atoms with Gasteiger partial charge in [-0.25, -0.2) is 4.98 Å². The summed E-state index contributed by atoms with van der Waals surface area (Å²) in [7, 11) is 0. The van der Waals surface area contributed by atoms with Crippen molar-refractivity contribution in [1.82, 2.24) is 15.0 Å². The third kappa shape index (κ3) is 5.79. The topological polar surface area (TPSA) is 92.2 Å². The van der Waals surface area contributed by atoms with Crippen LogP contribution in [0.5, 0.6) is 5.75 Å². The van der Waals surface area contributed by atoms with E-state index in [1.807, 2.05) is 0 Å². The van der Waals surface area contributed by atoms with Gasteiger partial charge in [0, 0.05) is 30.1 Å². The highest BCUT2D eigenvalue weighted by Crippen LogP contribution is 2.32. The Labute approximate surface area is 164 Å². The minimum Gasteiger partial charge on any atom is -0.404 e. The highest BCUT2D eigenvalue weighted by Gasteiger charge is 2.32. The molecule has 0 radical (unpaired) electrons. The number of ether oxygens (including phenoxy) is 1. The minimum absolute atomic E-state index is 0.0850. The zero-order valence-corrected chi connectivity index (χ0v) is 15.3. The van der Waals surface area contributed by atoms with Crippen LogP contribution < -0.4 is 15.4 Å². The molecule has 1 aromatic carbocycles. The average molecular weight is 405 g/mol. The van der Waals surface area contributed by atoms with Crippen LogP contribution in [0.4, 0.5) is 30.6 Å². The maximum atomic E-state index is 12.7. The van der Waals surface area contributed by atoms with Gasteiger partial charge < -0.3 is 20.5 Å². The number of aliphatic hydroxyl groups excluding tert-OH is 1. The molecule has 0 fully saturated rings. The van der Waals surface area contributed by atoms with E-state index in [1.54, 1.807) is 43.6 Å². The highest BCUT2D eigenvalue weighted by molar-refractivity contribution is 5.69. The van der Waals surface area contributed by atoms with Gasteiger partial charge in [0.15, 0.2) is 5.75 Å². The van der Waals surface area contributed by atoms with Crippen LogP contribution in [-0.2, 0) is 0 Å². The number of benzene rings is 1. The van der Waals surface area contributed by atoms with E-state index in [0.717, 1.165) is 0 Å². The average Bonchev–Trinajstić information content (AvgIpc) is 2.69. The molecule has 0 bridgehead atoms.